The molecule has 1 aromatic heterocycles. The van der Waals surface area contributed by atoms with Crippen molar-refractivity contribution in [3.05, 3.63) is 30.1 Å². The van der Waals surface area contributed by atoms with Crippen molar-refractivity contribution >= 4 is 16.9 Å². The van der Waals surface area contributed by atoms with Gasteiger partial charge in [0.2, 0.25) is 0 Å². The van der Waals surface area contributed by atoms with E-state index in [0.29, 0.717) is 25.1 Å². The van der Waals surface area contributed by atoms with Gasteiger partial charge in [0.15, 0.2) is 0 Å². The molecule has 2 aromatic rings. The first-order valence-electron chi connectivity index (χ1n) is 6.55. The minimum absolute atomic E-state index is 0.0234. The average molecular weight is 259 g/mol. The van der Waals surface area contributed by atoms with Crippen LogP contribution < -0.4 is 0 Å². The number of aromatic nitrogens is 2. The summed E-state index contributed by atoms with van der Waals surface area (Å²) in [6.45, 7) is 3.20. The van der Waals surface area contributed by atoms with Crippen LogP contribution in [0, 0.1) is 5.92 Å². The van der Waals surface area contributed by atoms with Crippen LogP contribution in [0.2, 0.25) is 0 Å². The topological polar surface area (TPSA) is 69.2 Å². The Morgan fingerprint density at radius 3 is 3.16 bits per heavy atom. The second-order valence-corrected chi connectivity index (χ2v) is 5.22. The Morgan fingerprint density at radius 2 is 2.37 bits per heavy atom. The van der Waals surface area contributed by atoms with E-state index in [4.69, 9.17) is 0 Å². The van der Waals surface area contributed by atoms with Crippen LogP contribution in [0.25, 0.3) is 11.0 Å². The Balaban J connectivity index is 1.83. The average Bonchev–Trinajstić information content (AvgIpc) is 2.88. The van der Waals surface area contributed by atoms with Gasteiger partial charge in [0.1, 0.15) is 0 Å². The molecular formula is C14H17N3O2. The number of aliphatic hydroxyl groups is 1. The molecule has 1 amide bonds. The molecule has 5 nitrogen and oxygen atoms in total. The fourth-order valence-electron chi connectivity index (χ4n) is 2.57. The fourth-order valence-corrected chi connectivity index (χ4v) is 2.57. The van der Waals surface area contributed by atoms with E-state index in [1.165, 1.54) is 0 Å². The number of piperidine rings is 1. The highest BCUT2D eigenvalue weighted by Crippen LogP contribution is 2.20. The summed E-state index contributed by atoms with van der Waals surface area (Å²) >= 11 is 0. The molecule has 2 N–H and O–H groups in total. The standard InChI is InChI=1S/C14H17N3O2/c1-9-7-17(5-4-13(9)18)14(19)10-2-3-11-12(6-10)16-8-15-11/h2-3,6,8-9,13,18H,4-5,7H2,1H3,(H,15,16). The number of aliphatic hydroxyl groups excluding tert-OH is 1. The van der Waals surface area contributed by atoms with Crippen molar-refractivity contribution in [1.82, 2.24) is 14.9 Å². The van der Waals surface area contributed by atoms with Crippen LogP contribution >= 0.6 is 0 Å². The molecule has 0 saturated carbocycles. The van der Waals surface area contributed by atoms with Crippen molar-refractivity contribution in [1.29, 1.82) is 0 Å². The second kappa shape index (κ2) is 4.66. The molecule has 0 aliphatic carbocycles. The van der Waals surface area contributed by atoms with E-state index in [1.54, 1.807) is 12.4 Å². The largest absolute Gasteiger partial charge is 0.393 e. The molecule has 2 heterocycles. The molecule has 5 heteroatoms. The molecular weight excluding hydrogens is 242 g/mol. The number of nitrogens with one attached hydrogen (secondary N) is 1. The van der Waals surface area contributed by atoms with Crippen molar-refractivity contribution in [2.24, 2.45) is 5.92 Å². The molecule has 0 bridgehead atoms. The van der Waals surface area contributed by atoms with Crippen molar-refractivity contribution in [2.75, 3.05) is 13.1 Å². The molecule has 3 rings (SSSR count). The van der Waals surface area contributed by atoms with E-state index in [0.717, 1.165) is 11.0 Å². The first-order chi connectivity index (χ1) is 9.15. The maximum Gasteiger partial charge on any atom is 0.253 e. The van der Waals surface area contributed by atoms with Gasteiger partial charge in [0.05, 0.1) is 23.5 Å². The highest BCUT2D eigenvalue weighted by Gasteiger charge is 2.27. The molecule has 0 radical (unpaired) electrons. The Labute approximate surface area is 111 Å². The van der Waals surface area contributed by atoms with Crippen LogP contribution in [0.5, 0.6) is 0 Å². The third kappa shape index (κ3) is 2.21. The van der Waals surface area contributed by atoms with E-state index in [-0.39, 0.29) is 17.9 Å². The zero-order chi connectivity index (χ0) is 13.4. The number of hydrogen-bond acceptors (Lipinski definition) is 3. The van der Waals surface area contributed by atoms with Crippen LogP contribution in [0.4, 0.5) is 0 Å². The van der Waals surface area contributed by atoms with Gasteiger partial charge in [-0.3, -0.25) is 4.79 Å². The number of carbonyl (C=O) groups is 1. The van der Waals surface area contributed by atoms with Crippen LogP contribution in [-0.4, -0.2) is 45.1 Å². The summed E-state index contributed by atoms with van der Waals surface area (Å²) in [4.78, 5) is 21.4. The maximum atomic E-state index is 12.4. The van der Waals surface area contributed by atoms with Crippen LogP contribution in [0.3, 0.4) is 0 Å². The highest BCUT2D eigenvalue weighted by atomic mass is 16.3. The second-order valence-electron chi connectivity index (χ2n) is 5.22. The van der Waals surface area contributed by atoms with Gasteiger partial charge in [-0.1, -0.05) is 6.92 Å². The summed E-state index contributed by atoms with van der Waals surface area (Å²) in [5, 5.41) is 9.71. The zero-order valence-electron chi connectivity index (χ0n) is 10.8. The van der Waals surface area contributed by atoms with E-state index >= 15 is 0 Å². The van der Waals surface area contributed by atoms with E-state index in [2.05, 4.69) is 9.97 Å². The van der Waals surface area contributed by atoms with Crippen molar-refractivity contribution in [3.63, 3.8) is 0 Å². The van der Waals surface area contributed by atoms with Crippen LogP contribution in [-0.2, 0) is 0 Å². The van der Waals surface area contributed by atoms with Crippen molar-refractivity contribution in [2.45, 2.75) is 19.4 Å². The summed E-state index contributed by atoms with van der Waals surface area (Å²) in [7, 11) is 0. The molecule has 1 fully saturated rings. The molecule has 100 valence electrons. The maximum absolute atomic E-state index is 12.4. The number of nitrogens with zero attached hydrogens (tertiary/aromatic N) is 2. The van der Waals surface area contributed by atoms with E-state index in [9.17, 15) is 9.90 Å². The van der Waals surface area contributed by atoms with Crippen LogP contribution in [0.15, 0.2) is 24.5 Å². The highest BCUT2D eigenvalue weighted by molar-refractivity contribution is 5.97. The lowest BCUT2D eigenvalue weighted by Gasteiger charge is -2.34. The van der Waals surface area contributed by atoms with Gasteiger partial charge in [0.25, 0.3) is 5.91 Å². The molecule has 1 aliphatic heterocycles. The number of likely N-dealkylation sites (tertiary alicyclic amines) is 1. The van der Waals surface area contributed by atoms with Gasteiger partial charge in [-0.25, -0.2) is 4.98 Å². The fraction of sp³-hybridized carbons (Fsp3) is 0.429. The van der Waals surface area contributed by atoms with Gasteiger partial charge < -0.3 is 15.0 Å². The number of rotatable bonds is 1. The zero-order valence-corrected chi connectivity index (χ0v) is 10.8. The molecule has 2 atom stereocenters. The first-order valence-corrected chi connectivity index (χ1v) is 6.55. The number of hydrogen-bond donors (Lipinski definition) is 2. The van der Waals surface area contributed by atoms with Crippen molar-refractivity contribution in [3.8, 4) is 0 Å². The van der Waals surface area contributed by atoms with Crippen LogP contribution in [0.1, 0.15) is 23.7 Å². The minimum atomic E-state index is -0.292. The summed E-state index contributed by atoms with van der Waals surface area (Å²) in [6.07, 6.45) is 1.98. The minimum Gasteiger partial charge on any atom is -0.393 e. The Bertz CT molecular complexity index is 608. The van der Waals surface area contributed by atoms with Gasteiger partial charge >= 0.3 is 0 Å². The summed E-state index contributed by atoms with van der Waals surface area (Å²) < 4.78 is 0. The number of benzene rings is 1. The lowest BCUT2D eigenvalue weighted by Crippen LogP contribution is -2.44. The van der Waals surface area contributed by atoms with Gasteiger partial charge in [-0.15, -0.1) is 0 Å². The van der Waals surface area contributed by atoms with Crippen molar-refractivity contribution < 1.29 is 9.90 Å². The third-order valence-corrected chi connectivity index (χ3v) is 3.81. The summed E-state index contributed by atoms with van der Waals surface area (Å²) in [5.74, 6) is 0.156. The summed E-state index contributed by atoms with van der Waals surface area (Å²) in [5.41, 5.74) is 2.40. The SMILES string of the molecule is CC1CN(C(=O)c2ccc3nc[nH]c3c2)CCC1O. The lowest BCUT2D eigenvalue weighted by molar-refractivity contribution is 0.0297. The molecule has 1 saturated heterocycles. The van der Waals surface area contributed by atoms with Gasteiger partial charge in [-0.05, 0) is 30.5 Å². The number of H-pyrrole nitrogens is 1. The predicted molar refractivity (Wildman–Crippen MR) is 71.8 cm³/mol. The molecule has 2 unspecified atom stereocenters. The number of amides is 1. The number of imidazole rings is 1. The van der Waals surface area contributed by atoms with E-state index < -0.39 is 0 Å². The number of aromatic amines is 1. The summed E-state index contributed by atoms with van der Waals surface area (Å²) in [6, 6.07) is 5.49. The normalized spacial score (nSPS) is 23.8. The molecule has 1 aliphatic rings. The molecule has 19 heavy (non-hydrogen) atoms. The monoisotopic (exact) mass is 259 g/mol. The van der Waals surface area contributed by atoms with E-state index in [1.807, 2.05) is 24.0 Å². The Morgan fingerprint density at radius 1 is 1.53 bits per heavy atom. The number of carbonyl (C=O) groups excluding carboxylic acids is 1. The van der Waals surface area contributed by atoms with Gasteiger partial charge in [0, 0.05) is 18.7 Å². The Kier molecular flexibility index (Phi) is 2.98. The molecule has 1 aromatic carbocycles. The third-order valence-electron chi connectivity index (χ3n) is 3.81. The quantitative estimate of drug-likeness (QED) is 0.813. The number of fused-ring (bicyclic) bond motifs is 1. The lowest BCUT2D eigenvalue weighted by atomic mass is 9.96. The molecule has 0 spiro atoms. The first kappa shape index (κ1) is 12.2. The van der Waals surface area contributed by atoms with Gasteiger partial charge in [-0.2, -0.15) is 0 Å². The Hall–Kier alpha value is -1.88. The predicted octanol–water partition coefficient (Wildman–Crippen LogP) is 1.41. The smallest absolute Gasteiger partial charge is 0.253 e.